The van der Waals surface area contributed by atoms with Gasteiger partial charge in [0.25, 0.3) is 0 Å². The molecule has 2 saturated carbocycles. The molecule has 4 heterocycles. The van der Waals surface area contributed by atoms with Crippen LogP contribution in [-0.2, 0) is 6.54 Å². The molecule has 0 amide bonds. The van der Waals surface area contributed by atoms with E-state index in [1.165, 1.54) is 77.0 Å². The molecule has 8 heteroatoms. The SMILES string of the molecule is C=CC1CCC(Cn2c(N3C4CCCC3CC4)nc3nc(C(=O)O)nc(N[C@H](C)C4CCC4)c32)CC1. The number of hydrogen-bond donors (Lipinski definition) is 2. The van der Waals surface area contributed by atoms with Crippen molar-refractivity contribution in [1.82, 2.24) is 19.5 Å². The van der Waals surface area contributed by atoms with E-state index >= 15 is 0 Å². The molecular weight excluding hydrogens is 452 g/mol. The lowest BCUT2D eigenvalue weighted by molar-refractivity contribution is 0.0684. The number of allylic oxidation sites excluding steroid dienone is 1. The Bertz CT molecular complexity index is 1120. The monoisotopic (exact) mass is 492 g/mol. The smallest absolute Gasteiger partial charge is 0.374 e. The highest BCUT2D eigenvalue weighted by atomic mass is 16.4. The number of piperidine rings is 1. The lowest BCUT2D eigenvalue weighted by Gasteiger charge is -2.37. The van der Waals surface area contributed by atoms with Crippen molar-refractivity contribution in [2.75, 3.05) is 10.2 Å². The molecule has 2 unspecified atom stereocenters. The molecule has 2 aliphatic heterocycles. The van der Waals surface area contributed by atoms with Gasteiger partial charge in [-0.2, -0.15) is 4.98 Å². The Hall–Kier alpha value is -2.64. The fraction of sp³-hybridized carbons (Fsp3) is 0.714. The van der Waals surface area contributed by atoms with Crippen molar-refractivity contribution >= 4 is 28.9 Å². The van der Waals surface area contributed by atoms with E-state index in [-0.39, 0.29) is 11.9 Å². The summed E-state index contributed by atoms with van der Waals surface area (Å²) >= 11 is 0. The number of rotatable bonds is 8. The molecule has 2 N–H and O–H groups in total. The standard InChI is InChI=1S/C28H40N6O2/c1-3-18-10-12-19(13-11-18)16-33-23-24(29-17(2)20-6-4-7-20)30-26(27(35)36)31-25(23)32-28(33)34-21-8-5-9-22(34)15-14-21/h3,17-22H,1,4-16H2,2H3,(H,35,36)(H,29,30,31)/t17-,18?,19?,21?,22?/m1/s1. The van der Waals surface area contributed by atoms with Crippen molar-refractivity contribution in [2.45, 2.75) is 109 Å². The largest absolute Gasteiger partial charge is 0.475 e. The molecule has 0 aromatic carbocycles. The van der Waals surface area contributed by atoms with Gasteiger partial charge >= 0.3 is 5.97 Å². The summed E-state index contributed by atoms with van der Waals surface area (Å²) in [5.74, 6) is 2.14. The van der Waals surface area contributed by atoms with Crippen LogP contribution in [0.4, 0.5) is 11.8 Å². The first-order valence-electron chi connectivity index (χ1n) is 14.2. The summed E-state index contributed by atoms with van der Waals surface area (Å²) in [7, 11) is 0. The molecule has 4 aliphatic rings. The number of carbonyl (C=O) groups is 1. The average Bonchev–Trinajstić information content (AvgIpc) is 3.30. The first kappa shape index (κ1) is 23.7. The van der Waals surface area contributed by atoms with E-state index in [0.717, 1.165) is 18.0 Å². The number of nitrogens with zero attached hydrogens (tertiary/aromatic N) is 5. The molecule has 2 aliphatic carbocycles. The fourth-order valence-electron chi connectivity index (χ4n) is 7.17. The Morgan fingerprint density at radius 1 is 1.03 bits per heavy atom. The average molecular weight is 493 g/mol. The quantitative estimate of drug-likeness (QED) is 0.460. The number of carboxylic acid groups (broad SMARTS) is 1. The first-order chi connectivity index (χ1) is 17.5. The van der Waals surface area contributed by atoms with Gasteiger partial charge in [0.1, 0.15) is 5.52 Å². The summed E-state index contributed by atoms with van der Waals surface area (Å²) in [5.41, 5.74) is 1.41. The van der Waals surface area contributed by atoms with E-state index < -0.39 is 5.97 Å². The van der Waals surface area contributed by atoms with Gasteiger partial charge in [0.15, 0.2) is 11.5 Å². The molecule has 2 saturated heterocycles. The Morgan fingerprint density at radius 3 is 2.33 bits per heavy atom. The van der Waals surface area contributed by atoms with Crippen LogP contribution in [0.1, 0.15) is 94.6 Å². The van der Waals surface area contributed by atoms with Gasteiger partial charge in [0, 0.05) is 24.7 Å². The lowest BCUT2D eigenvalue weighted by Crippen LogP contribution is -2.41. The highest BCUT2D eigenvalue weighted by Gasteiger charge is 2.40. The molecule has 2 aromatic heterocycles. The van der Waals surface area contributed by atoms with E-state index in [9.17, 15) is 9.90 Å². The minimum absolute atomic E-state index is 0.171. The van der Waals surface area contributed by atoms with Crippen LogP contribution in [-0.4, -0.2) is 48.7 Å². The maximum Gasteiger partial charge on any atom is 0.374 e. The van der Waals surface area contributed by atoms with Gasteiger partial charge in [-0.1, -0.05) is 12.5 Å². The number of nitrogens with one attached hydrogen (secondary N) is 1. The van der Waals surface area contributed by atoms with Crippen LogP contribution in [0.5, 0.6) is 0 Å². The van der Waals surface area contributed by atoms with Crippen LogP contribution in [0.15, 0.2) is 12.7 Å². The van der Waals surface area contributed by atoms with E-state index in [2.05, 4.69) is 44.3 Å². The molecule has 6 rings (SSSR count). The third-order valence-corrected chi connectivity index (χ3v) is 9.59. The summed E-state index contributed by atoms with van der Waals surface area (Å²) in [6, 6.07) is 1.28. The number of aromatic nitrogens is 4. The highest BCUT2D eigenvalue weighted by molar-refractivity contribution is 5.91. The van der Waals surface area contributed by atoms with Gasteiger partial charge in [-0.15, -0.1) is 6.58 Å². The molecule has 4 fully saturated rings. The van der Waals surface area contributed by atoms with Crippen LogP contribution in [0, 0.1) is 17.8 Å². The van der Waals surface area contributed by atoms with Crippen molar-refractivity contribution in [3.05, 3.63) is 18.5 Å². The van der Waals surface area contributed by atoms with Crippen molar-refractivity contribution in [3.8, 4) is 0 Å². The predicted octanol–water partition coefficient (Wildman–Crippen LogP) is 5.64. The van der Waals surface area contributed by atoms with Crippen molar-refractivity contribution in [1.29, 1.82) is 0 Å². The lowest BCUT2D eigenvalue weighted by atomic mass is 9.80. The normalized spacial score (nSPS) is 29.2. The summed E-state index contributed by atoms with van der Waals surface area (Å²) in [6.45, 7) is 7.10. The third-order valence-electron chi connectivity index (χ3n) is 9.59. The molecule has 2 bridgehead atoms. The Morgan fingerprint density at radius 2 is 1.72 bits per heavy atom. The predicted molar refractivity (Wildman–Crippen MR) is 141 cm³/mol. The molecule has 8 nitrogen and oxygen atoms in total. The number of aromatic carboxylic acids is 1. The van der Waals surface area contributed by atoms with Gasteiger partial charge in [-0.05, 0) is 95.3 Å². The van der Waals surface area contributed by atoms with Crippen LogP contribution in [0.25, 0.3) is 11.2 Å². The second-order valence-corrected chi connectivity index (χ2v) is 11.8. The van der Waals surface area contributed by atoms with Gasteiger partial charge in [-0.3, -0.25) is 0 Å². The summed E-state index contributed by atoms with van der Waals surface area (Å²) in [5, 5.41) is 13.4. The van der Waals surface area contributed by atoms with Gasteiger partial charge < -0.3 is 19.9 Å². The van der Waals surface area contributed by atoms with Gasteiger partial charge in [0.2, 0.25) is 11.8 Å². The van der Waals surface area contributed by atoms with Crippen LogP contribution in [0.2, 0.25) is 0 Å². The molecule has 0 spiro atoms. The topological polar surface area (TPSA) is 96.2 Å². The Balaban J connectivity index is 1.44. The number of fused-ring (bicyclic) bond motifs is 3. The van der Waals surface area contributed by atoms with E-state index in [1.807, 2.05) is 0 Å². The molecule has 3 atom stereocenters. The zero-order chi connectivity index (χ0) is 24.8. The van der Waals surface area contributed by atoms with Crippen LogP contribution in [0.3, 0.4) is 0 Å². The zero-order valence-corrected chi connectivity index (χ0v) is 21.5. The summed E-state index contributed by atoms with van der Waals surface area (Å²) < 4.78 is 2.37. The minimum Gasteiger partial charge on any atom is -0.475 e. The second-order valence-electron chi connectivity index (χ2n) is 11.8. The fourth-order valence-corrected chi connectivity index (χ4v) is 7.17. The molecule has 2 aromatic rings. The van der Waals surface area contributed by atoms with E-state index in [4.69, 9.17) is 4.98 Å². The van der Waals surface area contributed by atoms with Crippen LogP contribution >= 0.6 is 0 Å². The second kappa shape index (κ2) is 9.67. The van der Waals surface area contributed by atoms with E-state index in [0.29, 0.717) is 41.3 Å². The van der Waals surface area contributed by atoms with Gasteiger partial charge in [-0.25, -0.2) is 14.8 Å². The Labute approximate surface area is 213 Å². The number of anilines is 2. The zero-order valence-electron chi connectivity index (χ0n) is 21.5. The minimum atomic E-state index is -1.10. The number of hydrogen-bond acceptors (Lipinski definition) is 6. The highest BCUT2D eigenvalue weighted by Crippen LogP contribution is 2.42. The number of carboxylic acids is 1. The molecule has 36 heavy (non-hydrogen) atoms. The number of imidazole rings is 1. The van der Waals surface area contributed by atoms with Crippen molar-refractivity contribution in [3.63, 3.8) is 0 Å². The molecule has 194 valence electrons. The summed E-state index contributed by atoms with van der Waals surface area (Å²) in [4.78, 5) is 28.6. The Kier molecular flexibility index (Phi) is 6.38. The maximum atomic E-state index is 12.0. The molecule has 0 radical (unpaired) electrons. The van der Waals surface area contributed by atoms with Gasteiger partial charge in [0.05, 0.1) is 0 Å². The van der Waals surface area contributed by atoms with Crippen molar-refractivity contribution < 1.29 is 9.90 Å². The third kappa shape index (κ3) is 4.26. The summed E-state index contributed by atoms with van der Waals surface area (Å²) in [6.07, 6.45) is 16.7. The van der Waals surface area contributed by atoms with Crippen LogP contribution < -0.4 is 10.2 Å². The maximum absolute atomic E-state index is 12.0. The first-order valence-corrected chi connectivity index (χ1v) is 14.2. The van der Waals surface area contributed by atoms with Crippen molar-refractivity contribution in [2.24, 2.45) is 17.8 Å². The van der Waals surface area contributed by atoms with E-state index in [1.54, 1.807) is 0 Å². The molecular formula is C28H40N6O2.